The van der Waals surface area contributed by atoms with Gasteiger partial charge in [-0.25, -0.2) is 13.7 Å². The number of carbonyl (C=O) groups is 1. The number of ether oxygens (including phenoxy) is 4. The number of nitriles is 1. The average molecular weight is 986 g/mol. The van der Waals surface area contributed by atoms with Crippen molar-refractivity contribution >= 4 is 61.2 Å². The first-order valence-electron chi connectivity index (χ1n) is 20.9. The highest BCUT2D eigenvalue weighted by molar-refractivity contribution is 9.10. The van der Waals surface area contributed by atoms with Gasteiger partial charge >= 0.3 is 5.97 Å². The van der Waals surface area contributed by atoms with Crippen molar-refractivity contribution in [1.29, 1.82) is 5.26 Å². The van der Waals surface area contributed by atoms with Crippen LogP contribution in [0.15, 0.2) is 45.3 Å². The highest BCUT2D eigenvalue weighted by Crippen LogP contribution is 2.65. The van der Waals surface area contributed by atoms with E-state index in [0.717, 1.165) is 64.2 Å². The normalized spacial score (nSPS) is 35.0. The van der Waals surface area contributed by atoms with Gasteiger partial charge < -0.3 is 24.7 Å². The van der Waals surface area contributed by atoms with Crippen molar-refractivity contribution in [1.82, 2.24) is 4.72 Å². The number of fused-ring (bicyclic) bond motifs is 2. The van der Waals surface area contributed by atoms with Crippen molar-refractivity contribution < 1.29 is 28.0 Å². The van der Waals surface area contributed by atoms with Crippen molar-refractivity contribution in [2.24, 2.45) is 40.2 Å². The number of nitrogens with two attached hydrogens (primary N) is 1. The van der Waals surface area contributed by atoms with E-state index in [4.69, 9.17) is 24.7 Å². The monoisotopic (exact) mass is 983 g/mol. The van der Waals surface area contributed by atoms with E-state index in [1.165, 1.54) is 5.56 Å². The average Bonchev–Trinajstić information content (AvgIpc) is 3.52. The zero-order valence-corrected chi connectivity index (χ0v) is 41.9. The number of nitrogens with zero attached hydrogens (tertiary/aromatic N) is 1. The maximum atomic E-state index is 13.8. The lowest BCUT2D eigenvalue weighted by Crippen LogP contribution is -2.69. The van der Waals surface area contributed by atoms with Crippen molar-refractivity contribution in [3.05, 3.63) is 67.6 Å². The summed E-state index contributed by atoms with van der Waals surface area (Å²) in [5.41, 5.74) is 7.26. The van der Waals surface area contributed by atoms with Crippen LogP contribution in [0.4, 0.5) is 0 Å². The molecule has 2 aromatic rings. The molecule has 330 valence electrons. The fourth-order valence-corrected chi connectivity index (χ4v) is 14.0. The van der Waals surface area contributed by atoms with Crippen LogP contribution in [0.25, 0.3) is 0 Å². The summed E-state index contributed by atoms with van der Waals surface area (Å²) in [6.07, 6.45) is 5.39. The predicted molar refractivity (Wildman–Crippen MR) is 245 cm³/mol. The number of methoxy groups -OCH3 is 2. The number of hydrogen-bond donors (Lipinski definition) is 2. The molecule has 9 nitrogen and oxygen atoms in total. The molecule has 4 aliphatic carbocycles. The Balaban J connectivity index is 0.000000265. The van der Waals surface area contributed by atoms with E-state index in [1.54, 1.807) is 14.2 Å². The summed E-state index contributed by atoms with van der Waals surface area (Å²) < 4.78 is 42.2. The molecule has 0 aromatic heterocycles. The molecule has 5 unspecified atom stereocenters. The Hall–Kier alpha value is -1.40. The number of benzene rings is 2. The quantitative estimate of drug-likeness (QED) is 0.238. The minimum atomic E-state index is -1.42. The van der Waals surface area contributed by atoms with Gasteiger partial charge in [0, 0.05) is 40.6 Å². The van der Waals surface area contributed by atoms with E-state index >= 15 is 0 Å². The third-order valence-corrected chi connectivity index (χ3v) is 16.7. The SMILES string of the molecule is CCOC(=O)[C@]1(N)c2cc(Br)ccc2CC12C[C@@H](C)C(OC)[C@@H](C)C2.CCOC(C)(C#N)[C@]1(N[S@@](=O)C(C)(C)C)c2cc(Br)ccc2CC12C[C@@H](C)C(OC)[C@@H](C)C2.Cl. The van der Waals surface area contributed by atoms with Crippen LogP contribution in [0.5, 0.6) is 0 Å². The van der Waals surface area contributed by atoms with Crippen molar-refractivity contribution in [2.45, 2.75) is 141 Å². The van der Waals surface area contributed by atoms with E-state index in [0.29, 0.717) is 25.0 Å². The Kier molecular flexibility index (Phi) is 16.0. The molecule has 2 spiro atoms. The van der Waals surface area contributed by atoms with Crippen LogP contribution in [-0.4, -0.2) is 60.2 Å². The topological polar surface area (TPSA) is 133 Å². The van der Waals surface area contributed by atoms with Crippen LogP contribution in [0.3, 0.4) is 0 Å². The molecule has 0 amide bonds. The van der Waals surface area contributed by atoms with Crippen molar-refractivity contribution in [3.8, 4) is 6.07 Å². The van der Waals surface area contributed by atoms with E-state index < -0.39 is 32.4 Å². The summed E-state index contributed by atoms with van der Waals surface area (Å²) in [6, 6.07) is 15.0. The Morgan fingerprint density at radius 2 is 1.27 bits per heavy atom. The van der Waals surface area contributed by atoms with Gasteiger partial charge in [-0.3, -0.25) is 0 Å². The van der Waals surface area contributed by atoms with E-state index in [2.05, 4.69) is 94.6 Å². The second-order valence-electron chi connectivity index (χ2n) is 19.0. The van der Waals surface area contributed by atoms with Gasteiger partial charge in [0.15, 0.2) is 5.60 Å². The first-order valence-corrected chi connectivity index (χ1v) is 23.7. The van der Waals surface area contributed by atoms with E-state index in [-0.39, 0.29) is 53.3 Å². The lowest BCUT2D eigenvalue weighted by molar-refractivity contribution is -0.161. The molecule has 0 bridgehead atoms. The van der Waals surface area contributed by atoms with Gasteiger partial charge in [-0.2, -0.15) is 5.26 Å². The van der Waals surface area contributed by atoms with Crippen LogP contribution in [-0.2, 0) is 58.6 Å². The molecule has 0 radical (unpaired) electrons. The maximum Gasteiger partial charge on any atom is 0.331 e. The third-order valence-electron chi connectivity index (χ3n) is 14.1. The van der Waals surface area contributed by atoms with Crippen LogP contribution in [0.1, 0.15) is 117 Å². The fourth-order valence-electron chi connectivity index (χ4n) is 12.2. The lowest BCUT2D eigenvalue weighted by atomic mass is 9.53. The Morgan fingerprint density at radius 1 is 0.831 bits per heavy atom. The first-order chi connectivity index (χ1) is 27.1. The zero-order chi connectivity index (χ0) is 43.2. The summed E-state index contributed by atoms with van der Waals surface area (Å²) in [6.45, 7) is 21.1. The molecule has 6 rings (SSSR count). The van der Waals surface area contributed by atoms with E-state index in [9.17, 15) is 14.3 Å². The predicted octanol–water partition coefficient (Wildman–Crippen LogP) is 9.85. The summed E-state index contributed by atoms with van der Waals surface area (Å²) in [5.74, 6) is 0.936. The smallest absolute Gasteiger partial charge is 0.331 e. The van der Waals surface area contributed by atoms with Crippen LogP contribution in [0, 0.1) is 45.8 Å². The summed E-state index contributed by atoms with van der Waals surface area (Å²) in [5, 5.41) is 10.6. The highest BCUT2D eigenvalue weighted by Gasteiger charge is 2.70. The van der Waals surface area contributed by atoms with Gasteiger partial charge in [-0.15, -0.1) is 12.4 Å². The van der Waals surface area contributed by atoms with Gasteiger partial charge in [0.25, 0.3) is 0 Å². The van der Waals surface area contributed by atoms with Gasteiger partial charge in [0.05, 0.1) is 40.6 Å². The van der Waals surface area contributed by atoms with Gasteiger partial charge in [-0.05, 0) is 150 Å². The minimum absolute atomic E-state index is 0. The van der Waals surface area contributed by atoms with Gasteiger partial charge in [0.1, 0.15) is 11.1 Å². The minimum Gasteiger partial charge on any atom is -0.464 e. The number of esters is 1. The number of hydrogen-bond acceptors (Lipinski definition) is 8. The molecule has 0 saturated heterocycles. The molecule has 2 saturated carbocycles. The molecule has 0 heterocycles. The van der Waals surface area contributed by atoms with E-state index in [1.807, 2.05) is 53.7 Å². The van der Waals surface area contributed by atoms with Gasteiger partial charge in [0.2, 0.25) is 0 Å². The summed E-state index contributed by atoms with van der Waals surface area (Å²) in [7, 11) is 2.14. The summed E-state index contributed by atoms with van der Waals surface area (Å²) >= 11 is 7.19. The first kappa shape index (κ1) is 50.2. The van der Waals surface area contributed by atoms with Gasteiger partial charge in [-0.1, -0.05) is 71.7 Å². The molecule has 3 N–H and O–H groups in total. The van der Waals surface area contributed by atoms with Crippen molar-refractivity contribution in [3.63, 3.8) is 0 Å². The number of halogens is 3. The second kappa shape index (κ2) is 18.8. The molecule has 2 aromatic carbocycles. The number of carbonyl (C=O) groups excluding carboxylic acids is 1. The Labute approximate surface area is 379 Å². The molecule has 13 heteroatoms. The lowest BCUT2D eigenvalue weighted by Gasteiger charge is -2.58. The molecular weight excluding hydrogens is 918 g/mol. The summed E-state index contributed by atoms with van der Waals surface area (Å²) in [4.78, 5) is 13.1. The molecular formula is C46H68Br2ClN3O6S. The van der Waals surface area contributed by atoms with Crippen LogP contribution >= 0.6 is 44.3 Å². The standard InChI is InChI=1S/C26H39BrN2O3S.C20H28BrNO3.ClH/c1-9-32-24(7,16-28)26(29-33(30)23(4,5)6)21-12-20(27)11-10-19(21)15-25(26)13-17(2)22(31-8)18(3)14-25;1-5-25-18(23)20(22)16-8-15(21)7-6-14(16)11-19(20)9-12(2)17(24-4)13(3)10-19;/h10-12,17-18,22,29H,9,13-15H2,1-8H3;6-8,12-13,17H,5,9-11,22H2,1-4H3;1H/t17-,18+,22?,24?,25?,26-,33+;12-,13+,17?,19?,20-;/m11./s1. The number of nitrogens with one attached hydrogen (secondary N) is 1. The highest BCUT2D eigenvalue weighted by atomic mass is 79.9. The second-order valence-corrected chi connectivity index (χ2v) is 22.8. The largest absolute Gasteiger partial charge is 0.464 e. The zero-order valence-electron chi connectivity index (χ0n) is 37.1. The fraction of sp³-hybridized carbons (Fsp3) is 0.696. The number of rotatable bonds is 9. The van der Waals surface area contributed by atoms with Crippen molar-refractivity contribution in [2.75, 3.05) is 27.4 Å². The molecule has 59 heavy (non-hydrogen) atoms. The Bertz CT molecular complexity index is 1880. The maximum absolute atomic E-state index is 13.8. The Morgan fingerprint density at radius 3 is 1.69 bits per heavy atom. The molecule has 2 fully saturated rings. The molecule has 4 aliphatic rings. The third kappa shape index (κ3) is 8.54. The molecule has 12 atom stereocenters. The van der Waals surface area contributed by atoms with Crippen LogP contribution in [0.2, 0.25) is 0 Å². The van der Waals surface area contributed by atoms with Crippen LogP contribution < -0.4 is 10.5 Å². The molecule has 0 aliphatic heterocycles.